The number of halogens is 5. The molecule has 1 aliphatic rings. The zero-order valence-corrected chi connectivity index (χ0v) is 15.4. The first kappa shape index (κ1) is 20.0. The summed E-state index contributed by atoms with van der Waals surface area (Å²) >= 11 is 0. The number of rotatable bonds is 5. The van der Waals surface area contributed by atoms with Gasteiger partial charge in [0.05, 0.1) is 11.7 Å². The van der Waals surface area contributed by atoms with E-state index in [1.54, 1.807) is 36.4 Å². The fourth-order valence-corrected chi connectivity index (χ4v) is 3.26. The Morgan fingerprint density at radius 1 is 1.00 bits per heavy atom. The lowest BCUT2D eigenvalue weighted by atomic mass is 10.0. The van der Waals surface area contributed by atoms with Crippen molar-refractivity contribution in [1.82, 2.24) is 0 Å². The Morgan fingerprint density at radius 2 is 1.77 bits per heavy atom. The highest BCUT2D eigenvalue weighted by atomic mass is 19.3. The van der Waals surface area contributed by atoms with Crippen LogP contribution in [0.1, 0.15) is 11.6 Å². The number of alkyl halides is 4. The quantitative estimate of drug-likeness (QED) is 0.492. The Balaban J connectivity index is 1.58. The molecule has 8 heteroatoms. The third kappa shape index (κ3) is 4.03. The van der Waals surface area contributed by atoms with Gasteiger partial charge in [-0.05, 0) is 41.5 Å². The minimum absolute atomic E-state index is 0.147. The lowest BCUT2D eigenvalue weighted by Crippen LogP contribution is -2.33. The normalized spacial score (nSPS) is 15.9. The van der Waals surface area contributed by atoms with E-state index in [1.165, 1.54) is 30.3 Å². The van der Waals surface area contributed by atoms with Crippen LogP contribution in [-0.2, 0) is 0 Å². The number of ether oxygens (including phenoxy) is 2. The van der Waals surface area contributed by atoms with Crippen molar-refractivity contribution < 1.29 is 31.4 Å². The van der Waals surface area contributed by atoms with E-state index < -0.39 is 18.6 Å². The van der Waals surface area contributed by atoms with Gasteiger partial charge < -0.3 is 14.8 Å². The van der Waals surface area contributed by atoms with Crippen LogP contribution in [0.3, 0.4) is 0 Å². The second-order valence-electron chi connectivity index (χ2n) is 6.74. The molecule has 3 aromatic carbocycles. The number of hydrogen-bond donors (Lipinski definition) is 1. The van der Waals surface area contributed by atoms with Gasteiger partial charge in [-0.1, -0.05) is 36.4 Å². The molecule has 0 radical (unpaired) electrons. The first-order chi connectivity index (χ1) is 14.3. The molecule has 1 heterocycles. The number of nitrogens with one attached hydrogen (secondary N) is 1. The van der Waals surface area contributed by atoms with Crippen molar-refractivity contribution >= 4 is 5.69 Å². The predicted octanol–water partition coefficient (Wildman–Crippen LogP) is 6.28. The molecule has 0 saturated carbocycles. The summed E-state index contributed by atoms with van der Waals surface area (Å²) in [6.45, 7) is 0.147. The fraction of sp³-hybridized carbons (Fsp3) is 0.182. The molecule has 1 unspecified atom stereocenters. The van der Waals surface area contributed by atoms with E-state index in [4.69, 9.17) is 4.74 Å². The Labute approximate surface area is 169 Å². The van der Waals surface area contributed by atoms with Crippen LogP contribution < -0.4 is 14.8 Å². The van der Waals surface area contributed by atoms with Crippen molar-refractivity contribution in [3.8, 4) is 22.6 Å². The van der Waals surface area contributed by atoms with Gasteiger partial charge >= 0.3 is 12.5 Å². The second kappa shape index (κ2) is 7.85. The van der Waals surface area contributed by atoms with Crippen LogP contribution in [0.15, 0.2) is 66.7 Å². The van der Waals surface area contributed by atoms with Gasteiger partial charge in [-0.3, -0.25) is 0 Å². The summed E-state index contributed by atoms with van der Waals surface area (Å²) in [5.41, 5.74) is 2.51. The van der Waals surface area contributed by atoms with E-state index in [0.717, 1.165) is 0 Å². The van der Waals surface area contributed by atoms with Crippen molar-refractivity contribution in [3.63, 3.8) is 0 Å². The number of anilines is 1. The standard InChI is InChI=1S/C22H16F5NO2/c23-15-6-1-4-13(10-15)17-8-3-9-18-20(17)29-12-19(28-18)14-5-2-7-16(11-14)30-22(26,27)21(24)25/h1-11,19,21,28H,12H2. The largest absolute Gasteiger partial charge is 0.488 e. The van der Waals surface area contributed by atoms with Crippen LogP contribution in [0.4, 0.5) is 27.6 Å². The van der Waals surface area contributed by atoms with Crippen molar-refractivity contribution in [1.29, 1.82) is 0 Å². The summed E-state index contributed by atoms with van der Waals surface area (Å²) in [5, 5.41) is 3.24. The van der Waals surface area contributed by atoms with E-state index in [9.17, 15) is 22.0 Å². The Hall–Kier alpha value is -3.29. The monoisotopic (exact) mass is 421 g/mol. The van der Waals surface area contributed by atoms with Gasteiger partial charge in [0.1, 0.15) is 23.9 Å². The molecular weight excluding hydrogens is 405 g/mol. The number of para-hydroxylation sites is 1. The van der Waals surface area contributed by atoms with Gasteiger partial charge in [-0.15, -0.1) is 0 Å². The third-order valence-electron chi connectivity index (χ3n) is 4.64. The van der Waals surface area contributed by atoms with E-state index in [1.807, 2.05) is 0 Å². The van der Waals surface area contributed by atoms with Gasteiger partial charge in [-0.2, -0.15) is 17.6 Å². The van der Waals surface area contributed by atoms with Gasteiger partial charge in [0, 0.05) is 5.56 Å². The SMILES string of the molecule is Fc1cccc(-c2cccc3c2OCC(c2cccc(OC(F)(F)C(F)F)c2)N3)c1. The lowest BCUT2D eigenvalue weighted by molar-refractivity contribution is -0.253. The van der Waals surface area contributed by atoms with Crippen LogP contribution in [0, 0.1) is 5.82 Å². The summed E-state index contributed by atoms with van der Waals surface area (Å²) in [5.74, 6) is -0.209. The average molecular weight is 421 g/mol. The topological polar surface area (TPSA) is 30.5 Å². The predicted molar refractivity (Wildman–Crippen MR) is 102 cm³/mol. The lowest BCUT2D eigenvalue weighted by Gasteiger charge is -2.29. The first-order valence-corrected chi connectivity index (χ1v) is 9.07. The van der Waals surface area contributed by atoms with E-state index in [2.05, 4.69) is 10.1 Å². The summed E-state index contributed by atoms with van der Waals surface area (Å²) in [4.78, 5) is 0. The van der Waals surface area contributed by atoms with E-state index in [0.29, 0.717) is 28.1 Å². The molecule has 0 bridgehead atoms. The minimum Gasteiger partial charge on any atom is -0.488 e. The summed E-state index contributed by atoms with van der Waals surface area (Å²) in [7, 11) is 0. The molecule has 30 heavy (non-hydrogen) atoms. The summed E-state index contributed by atoms with van der Waals surface area (Å²) < 4.78 is 74.8. The highest BCUT2D eigenvalue weighted by Gasteiger charge is 2.44. The molecule has 0 aromatic heterocycles. The molecule has 0 spiro atoms. The molecule has 1 N–H and O–H groups in total. The molecule has 0 aliphatic carbocycles. The van der Waals surface area contributed by atoms with Gasteiger partial charge in [0.2, 0.25) is 0 Å². The average Bonchev–Trinajstić information content (AvgIpc) is 2.72. The highest BCUT2D eigenvalue weighted by molar-refractivity contribution is 5.79. The molecule has 3 aromatic rings. The fourth-order valence-electron chi connectivity index (χ4n) is 3.26. The van der Waals surface area contributed by atoms with E-state index in [-0.39, 0.29) is 18.2 Å². The van der Waals surface area contributed by atoms with Gasteiger partial charge in [0.15, 0.2) is 0 Å². The van der Waals surface area contributed by atoms with Crippen molar-refractivity contribution in [2.45, 2.75) is 18.6 Å². The van der Waals surface area contributed by atoms with Gasteiger partial charge in [0.25, 0.3) is 0 Å². The number of benzene rings is 3. The van der Waals surface area contributed by atoms with E-state index >= 15 is 0 Å². The van der Waals surface area contributed by atoms with Crippen molar-refractivity contribution in [2.24, 2.45) is 0 Å². The molecule has 0 saturated heterocycles. The van der Waals surface area contributed by atoms with Gasteiger partial charge in [-0.25, -0.2) is 4.39 Å². The molecule has 4 rings (SSSR count). The molecule has 1 aliphatic heterocycles. The summed E-state index contributed by atoms with van der Waals surface area (Å²) in [6.07, 6.45) is -8.52. The highest BCUT2D eigenvalue weighted by Crippen LogP contribution is 2.42. The van der Waals surface area contributed by atoms with Crippen LogP contribution in [0.25, 0.3) is 11.1 Å². The summed E-state index contributed by atoms with van der Waals surface area (Å²) in [6, 6.07) is 16.6. The molecule has 1 atom stereocenters. The van der Waals surface area contributed by atoms with Crippen LogP contribution in [0.5, 0.6) is 11.5 Å². The Morgan fingerprint density at radius 3 is 2.53 bits per heavy atom. The Kier molecular flexibility index (Phi) is 5.24. The molecule has 0 amide bonds. The second-order valence-corrected chi connectivity index (χ2v) is 6.74. The van der Waals surface area contributed by atoms with Crippen LogP contribution >= 0.6 is 0 Å². The zero-order chi connectivity index (χ0) is 21.3. The maximum absolute atomic E-state index is 13.6. The molecule has 0 fully saturated rings. The molecular formula is C22H16F5NO2. The number of hydrogen-bond acceptors (Lipinski definition) is 3. The number of fused-ring (bicyclic) bond motifs is 1. The molecule has 156 valence electrons. The maximum Gasteiger partial charge on any atom is 0.461 e. The maximum atomic E-state index is 13.6. The van der Waals surface area contributed by atoms with Crippen molar-refractivity contribution in [2.75, 3.05) is 11.9 Å². The molecule has 3 nitrogen and oxygen atoms in total. The minimum atomic E-state index is -4.58. The van der Waals surface area contributed by atoms with Crippen LogP contribution in [-0.4, -0.2) is 19.1 Å². The Bertz CT molecular complexity index is 1060. The third-order valence-corrected chi connectivity index (χ3v) is 4.64. The smallest absolute Gasteiger partial charge is 0.461 e. The zero-order valence-electron chi connectivity index (χ0n) is 15.4. The first-order valence-electron chi connectivity index (χ1n) is 9.07. The van der Waals surface area contributed by atoms with Crippen molar-refractivity contribution in [3.05, 3.63) is 78.1 Å². The van der Waals surface area contributed by atoms with Crippen LogP contribution in [0.2, 0.25) is 0 Å².